The van der Waals surface area contributed by atoms with Crippen LogP contribution >= 0.6 is 22.9 Å². The Labute approximate surface area is 149 Å². The first-order valence-corrected chi connectivity index (χ1v) is 8.75. The van der Waals surface area contributed by atoms with Gasteiger partial charge in [0.15, 0.2) is 4.80 Å². The lowest BCUT2D eigenvalue weighted by Crippen LogP contribution is -2.16. The van der Waals surface area contributed by atoms with Crippen LogP contribution in [-0.2, 0) is 6.54 Å². The van der Waals surface area contributed by atoms with Gasteiger partial charge < -0.3 is 4.57 Å². The van der Waals surface area contributed by atoms with Crippen LogP contribution in [0.4, 0.5) is 0 Å². The van der Waals surface area contributed by atoms with Gasteiger partial charge in [-0.15, -0.1) is 6.58 Å². The monoisotopic (exact) mass is 356 g/mol. The molecule has 122 valence electrons. The van der Waals surface area contributed by atoms with E-state index in [1.807, 2.05) is 10.6 Å². The van der Waals surface area contributed by atoms with Crippen molar-refractivity contribution < 1.29 is 4.79 Å². The molecule has 3 rings (SSSR count). The molecule has 0 radical (unpaired) electrons. The van der Waals surface area contributed by atoms with E-state index in [2.05, 4.69) is 37.6 Å². The Morgan fingerprint density at radius 3 is 2.67 bits per heavy atom. The first-order chi connectivity index (χ1) is 11.5. The molecule has 1 heterocycles. The standard InChI is InChI=1S/C19H17ClN2OS/c1-4-9-22-16-11-12(2)10-13(3)17(16)24-19(22)21-18(23)14-5-7-15(20)8-6-14/h4-8,10-11H,1,9H2,2-3H3. The van der Waals surface area contributed by atoms with Gasteiger partial charge in [0.1, 0.15) is 0 Å². The number of halogens is 1. The van der Waals surface area contributed by atoms with Crippen molar-refractivity contribution in [1.82, 2.24) is 4.57 Å². The smallest absolute Gasteiger partial charge is 0.279 e. The van der Waals surface area contributed by atoms with Crippen LogP contribution in [0.25, 0.3) is 10.2 Å². The third-order valence-corrected chi connectivity index (χ3v) is 5.20. The van der Waals surface area contributed by atoms with Crippen molar-refractivity contribution in [2.75, 3.05) is 0 Å². The molecule has 0 fully saturated rings. The number of thiazole rings is 1. The summed E-state index contributed by atoms with van der Waals surface area (Å²) in [5.41, 5.74) is 3.98. The molecule has 0 saturated heterocycles. The summed E-state index contributed by atoms with van der Waals surface area (Å²) < 4.78 is 3.17. The molecule has 24 heavy (non-hydrogen) atoms. The highest BCUT2D eigenvalue weighted by molar-refractivity contribution is 7.16. The van der Waals surface area contributed by atoms with E-state index in [0.29, 0.717) is 21.9 Å². The number of carbonyl (C=O) groups is 1. The average molecular weight is 357 g/mol. The second kappa shape index (κ2) is 6.75. The van der Waals surface area contributed by atoms with Gasteiger partial charge >= 0.3 is 0 Å². The van der Waals surface area contributed by atoms with E-state index in [1.165, 1.54) is 22.5 Å². The number of allylic oxidation sites excluding steroid dienone is 1. The second-order valence-electron chi connectivity index (χ2n) is 5.64. The maximum absolute atomic E-state index is 12.5. The molecule has 0 aliphatic rings. The predicted molar refractivity (Wildman–Crippen MR) is 101 cm³/mol. The Morgan fingerprint density at radius 2 is 2.00 bits per heavy atom. The molecule has 1 aromatic heterocycles. The van der Waals surface area contributed by atoms with Crippen LogP contribution < -0.4 is 4.80 Å². The maximum atomic E-state index is 12.5. The Kier molecular flexibility index (Phi) is 4.69. The largest absolute Gasteiger partial charge is 0.312 e. The lowest BCUT2D eigenvalue weighted by atomic mass is 10.1. The quantitative estimate of drug-likeness (QED) is 0.614. The molecule has 0 saturated carbocycles. The molecule has 0 aliphatic carbocycles. The van der Waals surface area contributed by atoms with Crippen LogP contribution in [0.2, 0.25) is 5.02 Å². The van der Waals surface area contributed by atoms with Crippen molar-refractivity contribution in [2.24, 2.45) is 4.99 Å². The number of rotatable bonds is 3. The first kappa shape index (κ1) is 16.7. The zero-order valence-electron chi connectivity index (χ0n) is 13.5. The number of nitrogens with zero attached hydrogens (tertiary/aromatic N) is 2. The topological polar surface area (TPSA) is 34.4 Å². The van der Waals surface area contributed by atoms with Crippen molar-refractivity contribution in [3.8, 4) is 0 Å². The van der Waals surface area contributed by atoms with E-state index >= 15 is 0 Å². The number of benzene rings is 2. The Balaban J connectivity index is 2.19. The van der Waals surface area contributed by atoms with Crippen molar-refractivity contribution in [3.63, 3.8) is 0 Å². The average Bonchev–Trinajstić information content (AvgIpc) is 2.87. The number of aromatic nitrogens is 1. The first-order valence-electron chi connectivity index (χ1n) is 7.55. The molecule has 2 aromatic carbocycles. The molecule has 0 N–H and O–H groups in total. The fourth-order valence-electron chi connectivity index (χ4n) is 2.65. The van der Waals surface area contributed by atoms with E-state index in [1.54, 1.807) is 24.3 Å². The van der Waals surface area contributed by atoms with Crippen LogP contribution in [0.15, 0.2) is 54.0 Å². The summed E-state index contributed by atoms with van der Waals surface area (Å²) in [6.45, 7) is 8.57. The van der Waals surface area contributed by atoms with Crippen molar-refractivity contribution >= 4 is 39.1 Å². The fourth-order valence-corrected chi connectivity index (χ4v) is 3.86. The minimum Gasteiger partial charge on any atom is -0.312 e. The van der Waals surface area contributed by atoms with Gasteiger partial charge in [0.25, 0.3) is 5.91 Å². The Bertz CT molecular complexity index is 997. The molecule has 3 nitrogen and oxygen atoms in total. The number of hydrogen-bond acceptors (Lipinski definition) is 2. The minimum atomic E-state index is -0.273. The van der Waals surface area contributed by atoms with Gasteiger partial charge in [0.05, 0.1) is 10.2 Å². The van der Waals surface area contributed by atoms with Crippen LogP contribution in [0.5, 0.6) is 0 Å². The number of hydrogen-bond donors (Lipinski definition) is 0. The van der Waals surface area contributed by atoms with E-state index in [9.17, 15) is 4.79 Å². The van der Waals surface area contributed by atoms with Crippen molar-refractivity contribution in [3.05, 3.63) is 75.6 Å². The van der Waals surface area contributed by atoms with Crippen LogP contribution in [-0.4, -0.2) is 10.5 Å². The fraction of sp³-hybridized carbons (Fsp3) is 0.158. The van der Waals surface area contributed by atoms with E-state index in [4.69, 9.17) is 11.6 Å². The Morgan fingerprint density at radius 1 is 1.29 bits per heavy atom. The van der Waals surface area contributed by atoms with Gasteiger partial charge in [-0.3, -0.25) is 4.79 Å². The summed E-state index contributed by atoms with van der Waals surface area (Å²) in [6.07, 6.45) is 1.82. The highest BCUT2D eigenvalue weighted by Crippen LogP contribution is 2.23. The van der Waals surface area contributed by atoms with E-state index < -0.39 is 0 Å². The molecule has 0 spiro atoms. The highest BCUT2D eigenvalue weighted by atomic mass is 35.5. The summed E-state index contributed by atoms with van der Waals surface area (Å²) in [6, 6.07) is 11.0. The molecular formula is C19H17ClN2OS. The van der Waals surface area contributed by atoms with Crippen LogP contribution in [0, 0.1) is 13.8 Å². The van der Waals surface area contributed by atoms with Gasteiger partial charge in [-0.1, -0.05) is 35.1 Å². The number of amides is 1. The zero-order chi connectivity index (χ0) is 17.3. The van der Waals surface area contributed by atoms with Gasteiger partial charge in [0.2, 0.25) is 0 Å². The molecule has 5 heteroatoms. The number of fused-ring (bicyclic) bond motifs is 1. The third-order valence-electron chi connectivity index (χ3n) is 3.71. The molecule has 1 amide bonds. The minimum absolute atomic E-state index is 0.273. The maximum Gasteiger partial charge on any atom is 0.279 e. The number of carbonyl (C=O) groups excluding carboxylic acids is 1. The SMILES string of the molecule is C=CCn1c(=NC(=O)c2ccc(Cl)cc2)sc2c(C)cc(C)cc21. The van der Waals surface area contributed by atoms with E-state index in [-0.39, 0.29) is 5.91 Å². The predicted octanol–water partition coefficient (Wildman–Crippen LogP) is 4.90. The third kappa shape index (κ3) is 3.21. The van der Waals surface area contributed by atoms with Gasteiger partial charge in [0, 0.05) is 17.1 Å². The van der Waals surface area contributed by atoms with Gasteiger partial charge in [-0.25, -0.2) is 0 Å². The number of aryl methyl sites for hydroxylation is 2. The summed E-state index contributed by atoms with van der Waals surface area (Å²) >= 11 is 7.40. The summed E-state index contributed by atoms with van der Waals surface area (Å²) in [5, 5.41) is 0.598. The zero-order valence-corrected chi connectivity index (χ0v) is 15.1. The lowest BCUT2D eigenvalue weighted by Gasteiger charge is -2.03. The van der Waals surface area contributed by atoms with Gasteiger partial charge in [-0.2, -0.15) is 4.99 Å². The summed E-state index contributed by atoms with van der Waals surface area (Å²) in [4.78, 5) is 17.5. The molecule has 0 bridgehead atoms. The molecule has 3 aromatic rings. The lowest BCUT2D eigenvalue weighted by molar-refractivity contribution is 0.0998. The van der Waals surface area contributed by atoms with Crippen molar-refractivity contribution in [1.29, 1.82) is 0 Å². The summed E-state index contributed by atoms with van der Waals surface area (Å²) in [5.74, 6) is -0.273. The van der Waals surface area contributed by atoms with Gasteiger partial charge in [-0.05, 0) is 55.3 Å². The molecule has 0 unspecified atom stereocenters. The second-order valence-corrected chi connectivity index (χ2v) is 7.05. The highest BCUT2D eigenvalue weighted by Gasteiger charge is 2.10. The normalized spacial score (nSPS) is 11.9. The molecule has 0 aliphatic heterocycles. The van der Waals surface area contributed by atoms with Crippen LogP contribution in [0.1, 0.15) is 21.5 Å². The molecule has 0 atom stereocenters. The summed E-state index contributed by atoms with van der Waals surface area (Å²) in [7, 11) is 0. The van der Waals surface area contributed by atoms with Crippen molar-refractivity contribution in [2.45, 2.75) is 20.4 Å². The van der Waals surface area contributed by atoms with Crippen LogP contribution in [0.3, 0.4) is 0 Å². The Hall–Kier alpha value is -2.17. The van der Waals surface area contributed by atoms with E-state index in [0.717, 1.165) is 10.2 Å². The molecular weight excluding hydrogens is 340 g/mol.